The average Bonchev–Trinajstić information content (AvgIpc) is 2.33. The first kappa shape index (κ1) is 9.33. The molecular formula is C11H9N3O. The van der Waals surface area contributed by atoms with Crippen molar-refractivity contribution in [2.45, 2.75) is 0 Å². The van der Waals surface area contributed by atoms with E-state index in [9.17, 15) is 0 Å². The van der Waals surface area contributed by atoms with E-state index in [2.05, 4.69) is 15.4 Å². The van der Waals surface area contributed by atoms with Gasteiger partial charge in [-0.25, -0.2) is 0 Å². The second kappa shape index (κ2) is 4.32. The molecule has 1 aromatic heterocycles. The van der Waals surface area contributed by atoms with E-state index in [1.54, 1.807) is 18.3 Å². The third-order valence-corrected chi connectivity index (χ3v) is 1.96. The smallest absolute Gasteiger partial charge is 0.137 e. The molecule has 0 radical (unpaired) electrons. The van der Waals surface area contributed by atoms with E-state index in [-0.39, 0.29) is 0 Å². The zero-order chi connectivity index (χ0) is 10.5. The largest absolute Gasteiger partial charge is 0.410 e. The first-order valence-corrected chi connectivity index (χ1v) is 4.47. The van der Waals surface area contributed by atoms with Crippen LogP contribution in [0.1, 0.15) is 11.3 Å². The summed E-state index contributed by atoms with van der Waals surface area (Å²) in [6.07, 6.45) is 1.57. The molecule has 0 aliphatic carbocycles. The van der Waals surface area contributed by atoms with E-state index < -0.39 is 0 Å². The van der Waals surface area contributed by atoms with Gasteiger partial charge in [-0.2, -0.15) is 5.10 Å². The topological polar surface area (TPSA) is 58.4 Å². The van der Waals surface area contributed by atoms with Crippen LogP contribution in [0, 0.1) is 0 Å². The Morgan fingerprint density at radius 3 is 2.47 bits per heavy atom. The summed E-state index contributed by atoms with van der Waals surface area (Å²) < 4.78 is 0. The SMILES string of the molecule is ON=C(c1ccccc1)c1cccnn1. The summed E-state index contributed by atoms with van der Waals surface area (Å²) in [5.74, 6) is 0. The molecule has 74 valence electrons. The van der Waals surface area contributed by atoms with E-state index >= 15 is 0 Å². The van der Waals surface area contributed by atoms with Crippen molar-refractivity contribution in [2.24, 2.45) is 5.16 Å². The summed E-state index contributed by atoms with van der Waals surface area (Å²) in [6.45, 7) is 0. The van der Waals surface area contributed by atoms with Crippen LogP contribution in [0.5, 0.6) is 0 Å². The van der Waals surface area contributed by atoms with E-state index in [1.165, 1.54) is 0 Å². The maximum absolute atomic E-state index is 8.95. The zero-order valence-electron chi connectivity index (χ0n) is 7.91. The predicted molar refractivity (Wildman–Crippen MR) is 55.9 cm³/mol. The van der Waals surface area contributed by atoms with Crippen molar-refractivity contribution in [1.29, 1.82) is 0 Å². The maximum Gasteiger partial charge on any atom is 0.137 e. The third kappa shape index (κ3) is 1.99. The lowest BCUT2D eigenvalue weighted by Gasteiger charge is -2.01. The molecule has 0 saturated carbocycles. The fourth-order valence-electron chi connectivity index (χ4n) is 1.28. The van der Waals surface area contributed by atoms with Crippen LogP contribution in [0.25, 0.3) is 0 Å². The lowest BCUT2D eigenvalue weighted by Crippen LogP contribution is -2.06. The molecule has 2 aromatic rings. The highest BCUT2D eigenvalue weighted by molar-refractivity contribution is 6.11. The van der Waals surface area contributed by atoms with Crippen molar-refractivity contribution in [3.63, 3.8) is 0 Å². The summed E-state index contributed by atoms with van der Waals surface area (Å²) in [5.41, 5.74) is 1.77. The van der Waals surface area contributed by atoms with E-state index in [0.717, 1.165) is 5.56 Å². The van der Waals surface area contributed by atoms with Crippen molar-refractivity contribution in [3.05, 3.63) is 59.9 Å². The van der Waals surface area contributed by atoms with Gasteiger partial charge >= 0.3 is 0 Å². The first-order chi connectivity index (χ1) is 7.42. The molecule has 0 unspecified atom stereocenters. The summed E-state index contributed by atoms with van der Waals surface area (Å²) in [7, 11) is 0. The summed E-state index contributed by atoms with van der Waals surface area (Å²) in [4.78, 5) is 0. The van der Waals surface area contributed by atoms with Crippen molar-refractivity contribution in [1.82, 2.24) is 10.2 Å². The van der Waals surface area contributed by atoms with Gasteiger partial charge in [0.15, 0.2) is 0 Å². The summed E-state index contributed by atoms with van der Waals surface area (Å²) >= 11 is 0. The van der Waals surface area contributed by atoms with Gasteiger partial charge in [-0.05, 0) is 12.1 Å². The number of hydrogen-bond acceptors (Lipinski definition) is 4. The van der Waals surface area contributed by atoms with Crippen LogP contribution in [-0.2, 0) is 0 Å². The van der Waals surface area contributed by atoms with Crippen LogP contribution in [0.2, 0.25) is 0 Å². The number of rotatable bonds is 2. The van der Waals surface area contributed by atoms with Gasteiger partial charge in [-0.3, -0.25) is 0 Å². The number of hydrogen-bond donors (Lipinski definition) is 1. The van der Waals surface area contributed by atoms with Gasteiger partial charge in [0.2, 0.25) is 0 Å². The molecule has 2 rings (SSSR count). The standard InChI is InChI=1S/C11H9N3O/c15-14-11(9-5-2-1-3-6-9)10-7-4-8-12-13-10/h1-8,15H. The van der Waals surface area contributed by atoms with Crippen LogP contribution >= 0.6 is 0 Å². The molecule has 0 aliphatic heterocycles. The Morgan fingerprint density at radius 1 is 1.07 bits per heavy atom. The van der Waals surface area contributed by atoms with Gasteiger partial charge < -0.3 is 5.21 Å². The minimum absolute atomic E-state index is 0.420. The number of nitrogens with zero attached hydrogens (tertiary/aromatic N) is 3. The van der Waals surface area contributed by atoms with Crippen LogP contribution in [0.15, 0.2) is 53.8 Å². The molecule has 0 fully saturated rings. The molecule has 0 aliphatic rings. The van der Waals surface area contributed by atoms with E-state index in [1.807, 2.05) is 30.3 Å². The Kier molecular flexibility index (Phi) is 2.69. The monoisotopic (exact) mass is 199 g/mol. The molecule has 0 amide bonds. The molecule has 0 atom stereocenters. The second-order valence-electron chi connectivity index (χ2n) is 2.92. The van der Waals surface area contributed by atoms with Gasteiger partial charge in [0.1, 0.15) is 11.4 Å². The predicted octanol–water partition coefficient (Wildman–Crippen LogP) is 1.70. The lowest BCUT2D eigenvalue weighted by atomic mass is 10.1. The summed E-state index contributed by atoms with van der Waals surface area (Å²) in [5, 5.41) is 19.8. The molecule has 0 spiro atoms. The molecule has 1 N–H and O–H groups in total. The van der Waals surface area contributed by atoms with Gasteiger partial charge in [0, 0.05) is 11.8 Å². The molecule has 0 saturated heterocycles. The van der Waals surface area contributed by atoms with Crippen LogP contribution < -0.4 is 0 Å². The van der Waals surface area contributed by atoms with Gasteiger partial charge in [0.25, 0.3) is 0 Å². The Balaban J connectivity index is 2.44. The van der Waals surface area contributed by atoms with Gasteiger partial charge in [0.05, 0.1) is 0 Å². The molecular weight excluding hydrogens is 190 g/mol. The fourth-order valence-corrected chi connectivity index (χ4v) is 1.28. The molecule has 0 bridgehead atoms. The minimum atomic E-state index is 0.420. The minimum Gasteiger partial charge on any atom is -0.410 e. The highest BCUT2D eigenvalue weighted by Crippen LogP contribution is 2.07. The third-order valence-electron chi connectivity index (χ3n) is 1.96. The van der Waals surface area contributed by atoms with Crippen LogP contribution in [0.4, 0.5) is 0 Å². The highest BCUT2D eigenvalue weighted by atomic mass is 16.4. The Morgan fingerprint density at radius 2 is 1.87 bits per heavy atom. The number of benzene rings is 1. The normalized spacial score (nSPS) is 11.3. The van der Waals surface area contributed by atoms with E-state index in [0.29, 0.717) is 11.4 Å². The molecule has 15 heavy (non-hydrogen) atoms. The van der Waals surface area contributed by atoms with Crippen molar-refractivity contribution >= 4 is 5.71 Å². The maximum atomic E-state index is 8.95. The van der Waals surface area contributed by atoms with Gasteiger partial charge in [-0.15, -0.1) is 5.10 Å². The molecule has 1 aromatic carbocycles. The van der Waals surface area contributed by atoms with Crippen molar-refractivity contribution in [3.8, 4) is 0 Å². The summed E-state index contributed by atoms with van der Waals surface area (Å²) in [6, 6.07) is 12.8. The van der Waals surface area contributed by atoms with Crippen molar-refractivity contribution in [2.75, 3.05) is 0 Å². The number of oxime groups is 1. The Labute approximate surface area is 86.9 Å². The highest BCUT2D eigenvalue weighted by Gasteiger charge is 2.07. The van der Waals surface area contributed by atoms with Gasteiger partial charge in [-0.1, -0.05) is 35.5 Å². The molecule has 1 heterocycles. The van der Waals surface area contributed by atoms with Crippen LogP contribution in [0.3, 0.4) is 0 Å². The number of aromatic nitrogens is 2. The second-order valence-corrected chi connectivity index (χ2v) is 2.92. The zero-order valence-corrected chi connectivity index (χ0v) is 7.91. The Hall–Kier alpha value is -2.23. The first-order valence-electron chi connectivity index (χ1n) is 4.47. The van der Waals surface area contributed by atoms with Crippen molar-refractivity contribution < 1.29 is 5.21 Å². The molecule has 4 nitrogen and oxygen atoms in total. The van der Waals surface area contributed by atoms with Crippen LogP contribution in [-0.4, -0.2) is 21.1 Å². The average molecular weight is 199 g/mol. The lowest BCUT2D eigenvalue weighted by molar-refractivity contribution is 0.319. The van der Waals surface area contributed by atoms with E-state index in [4.69, 9.17) is 5.21 Å². The fraction of sp³-hybridized carbons (Fsp3) is 0. The quantitative estimate of drug-likeness (QED) is 0.455. The molecule has 4 heteroatoms. The Bertz CT molecular complexity index is 412.